The third-order valence-electron chi connectivity index (χ3n) is 2.48. The molecule has 0 radical (unpaired) electrons. The molecule has 0 unspecified atom stereocenters. The van der Waals surface area contributed by atoms with Crippen molar-refractivity contribution in [1.29, 1.82) is 0 Å². The standard InChI is InChI=1S/C12H13NO6/c1-13(5-11(14)15)12(16)17-6-8-2-3-9-10(4-8)19-7-18-9/h2-4H,5-7H2,1H3,(H,14,15). The average molecular weight is 267 g/mol. The van der Waals surface area contributed by atoms with Crippen molar-refractivity contribution in [2.24, 2.45) is 0 Å². The van der Waals surface area contributed by atoms with Crippen LogP contribution in [0.15, 0.2) is 18.2 Å². The summed E-state index contributed by atoms with van der Waals surface area (Å²) in [6, 6.07) is 5.19. The van der Waals surface area contributed by atoms with Gasteiger partial charge in [0.05, 0.1) is 0 Å². The van der Waals surface area contributed by atoms with Gasteiger partial charge < -0.3 is 24.2 Å². The maximum Gasteiger partial charge on any atom is 0.410 e. The molecular weight excluding hydrogens is 254 g/mol. The van der Waals surface area contributed by atoms with Crippen molar-refractivity contribution in [3.8, 4) is 11.5 Å². The van der Waals surface area contributed by atoms with E-state index in [1.807, 2.05) is 0 Å². The maximum atomic E-state index is 11.5. The van der Waals surface area contributed by atoms with Crippen molar-refractivity contribution in [3.05, 3.63) is 23.8 Å². The molecule has 1 aromatic carbocycles. The Bertz CT molecular complexity index is 501. The molecule has 0 aromatic heterocycles. The molecule has 2 rings (SSSR count). The molecule has 7 heteroatoms. The average Bonchev–Trinajstić information content (AvgIpc) is 2.82. The Labute approximate surface area is 109 Å². The lowest BCUT2D eigenvalue weighted by molar-refractivity contribution is -0.137. The molecule has 0 bridgehead atoms. The van der Waals surface area contributed by atoms with E-state index >= 15 is 0 Å². The summed E-state index contributed by atoms with van der Waals surface area (Å²) in [5, 5.41) is 8.54. The Morgan fingerprint density at radius 3 is 2.84 bits per heavy atom. The number of benzene rings is 1. The number of likely N-dealkylation sites (N-methyl/N-ethyl adjacent to an activating group) is 1. The zero-order chi connectivity index (χ0) is 13.8. The van der Waals surface area contributed by atoms with Gasteiger partial charge in [0.1, 0.15) is 13.2 Å². The predicted molar refractivity (Wildman–Crippen MR) is 63.0 cm³/mol. The number of nitrogens with zero attached hydrogens (tertiary/aromatic N) is 1. The number of carboxylic acids is 1. The summed E-state index contributed by atoms with van der Waals surface area (Å²) in [5.41, 5.74) is 0.737. The van der Waals surface area contributed by atoms with Gasteiger partial charge in [-0.2, -0.15) is 0 Å². The van der Waals surface area contributed by atoms with Gasteiger partial charge in [-0.25, -0.2) is 4.79 Å². The molecule has 1 aromatic rings. The van der Waals surface area contributed by atoms with Crippen LogP contribution in [0.5, 0.6) is 11.5 Å². The lowest BCUT2D eigenvalue weighted by Crippen LogP contribution is -2.32. The fourth-order valence-corrected chi connectivity index (χ4v) is 1.55. The van der Waals surface area contributed by atoms with E-state index in [9.17, 15) is 9.59 Å². The molecule has 0 spiro atoms. The molecule has 0 saturated heterocycles. The van der Waals surface area contributed by atoms with Crippen LogP contribution in [0.2, 0.25) is 0 Å². The van der Waals surface area contributed by atoms with Crippen LogP contribution in [0.1, 0.15) is 5.56 Å². The van der Waals surface area contributed by atoms with Crippen molar-refractivity contribution in [2.75, 3.05) is 20.4 Å². The van der Waals surface area contributed by atoms with Crippen molar-refractivity contribution >= 4 is 12.1 Å². The summed E-state index contributed by atoms with van der Waals surface area (Å²) >= 11 is 0. The summed E-state index contributed by atoms with van der Waals surface area (Å²) in [6.45, 7) is -0.181. The van der Waals surface area contributed by atoms with Crippen LogP contribution in [0, 0.1) is 0 Å². The molecule has 0 aliphatic carbocycles. The Morgan fingerprint density at radius 1 is 1.37 bits per heavy atom. The lowest BCUT2D eigenvalue weighted by Gasteiger charge is -2.14. The largest absolute Gasteiger partial charge is 0.480 e. The first-order valence-electron chi connectivity index (χ1n) is 5.54. The fourth-order valence-electron chi connectivity index (χ4n) is 1.55. The predicted octanol–water partition coefficient (Wildman–Crippen LogP) is 1.07. The maximum absolute atomic E-state index is 11.5. The molecule has 102 valence electrons. The van der Waals surface area contributed by atoms with Gasteiger partial charge in [-0.15, -0.1) is 0 Å². The van der Waals surface area contributed by atoms with E-state index in [-0.39, 0.29) is 13.4 Å². The number of hydrogen-bond donors (Lipinski definition) is 1. The van der Waals surface area contributed by atoms with Gasteiger partial charge in [0.25, 0.3) is 0 Å². The smallest absolute Gasteiger partial charge is 0.410 e. The Kier molecular flexibility index (Phi) is 3.74. The van der Waals surface area contributed by atoms with E-state index in [1.165, 1.54) is 7.05 Å². The minimum Gasteiger partial charge on any atom is -0.480 e. The second-order valence-corrected chi connectivity index (χ2v) is 3.99. The molecule has 0 fully saturated rings. The van der Waals surface area contributed by atoms with Gasteiger partial charge in [0.15, 0.2) is 11.5 Å². The minimum atomic E-state index is -1.09. The number of carbonyl (C=O) groups excluding carboxylic acids is 1. The fraction of sp³-hybridized carbons (Fsp3) is 0.333. The molecular formula is C12H13NO6. The Morgan fingerprint density at radius 2 is 2.11 bits per heavy atom. The van der Waals surface area contributed by atoms with Crippen LogP contribution in [0.25, 0.3) is 0 Å². The minimum absolute atomic E-state index is 0.0411. The van der Waals surface area contributed by atoms with Crippen LogP contribution < -0.4 is 9.47 Å². The van der Waals surface area contributed by atoms with Gasteiger partial charge in [0, 0.05) is 7.05 Å². The van der Waals surface area contributed by atoms with Crippen molar-refractivity contribution < 1.29 is 28.9 Å². The molecule has 19 heavy (non-hydrogen) atoms. The van der Waals surface area contributed by atoms with Gasteiger partial charge >= 0.3 is 12.1 Å². The van der Waals surface area contributed by atoms with Crippen molar-refractivity contribution in [2.45, 2.75) is 6.61 Å². The molecule has 1 heterocycles. The highest BCUT2D eigenvalue weighted by Crippen LogP contribution is 2.32. The first-order valence-corrected chi connectivity index (χ1v) is 5.54. The van der Waals surface area contributed by atoms with E-state index in [1.54, 1.807) is 18.2 Å². The zero-order valence-corrected chi connectivity index (χ0v) is 10.3. The number of rotatable bonds is 4. The number of hydrogen-bond acceptors (Lipinski definition) is 5. The summed E-state index contributed by atoms with van der Waals surface area (Å²) in [4.78, 5) is 22.9. The molecule has 1 aliphatic rings. The molecule has 7 nitrogen and oxygen atoms in total. The Hall–Kier alpha value is -2.44. The second-order valence-electron chi connectivity index (χ2n) is 3.99. The van der Waals surface area contributed by atoms with Crippen LogP contribution in [0.3, 0.4) is 0 Å². The topological polar surface area (TPSA) is 85.3 Å². The summed E-state index contributed by atoms with van der Waals surface area (Å²) in [6.07, 6.45) is -0.694. The first-order chi connectivity index (χ1) is 9.06. The van der Waals surface area contributed by atoms with Crippen LogP contribution >= 0.6 is 0 Å². The first kappa shape index (κ1) is 13.0. The van der Waals surface area contributed by atoms with Gasteiger partial charge in [-0.05, 0) is 17.7 Å². The summed E-state index contributed by atoms with van der Waals surface area (Å²) < 4.78 is 15.3. The van der Waals surface area contributed by atoms with E-state index in [0.717, 1.165) is 10.5 Å². The molecule has 0 atom stereocenters. The SMILES string of the molecule is CN(CC(=O)O)C(=O)OCc1ccc2c(c1)OCO2. The van der Waals surface area contributed by atoms with E-state index < -0.39 is 18.6 Å². The van der Waals surface area contributed by atoms with E-state index in [2.05, 4.69) is 0 Å². The highest BCUT2D eigenvalue weighted by atomic mass is 16.7. The molecule has 1 N–H and O–H groups in total. The third kappa shape index (κ3) is 3.27. The van der Waals surface area contributed by atoms with Crippen LogP contribution in [0.4, 0.5) is 4.79 Å². The van der Waals surface area contributed by atoms with E-state index in [0.29, 0.717) is 11.5 Å². The highest BCUT2D eigenvalue weighted by molar-refractivity contribution is 5.76. The highest BCUT2D eigenvalue weighted by Gasteiger charge is 2.16. The van der Waals surface area contributed by atoms with Crippen LogP contribution in [-0.2, 0) is 16.1 Å². The number of ether oxygens (including phenoxy) is 3. The number of aliphatic carboxylic acids is 1. The molecule has 1 aliphatic heterocycles. The number of fused-ring (bicyclic) bond motifs is 1. The number of carboxylic acid groups (broad SMARTS) is 1. The quantitative estimate of drug-likeness (QED) is 0.878. The second kappa shape index (κ2) is 5.47. The lowest BCUT2D eigenvalue weighted by atomic mass is 10.2. The Balaban J connectivity index is 1.88. The van der Waals surface area contributed by atoms with Gasteiger partial charge in [0.2, 0.25) is 6.79 Å². The van der Waals surface area contributed by atoms with E-state index in [4.69, 9.17) is 19.3 Å². The zero-order valence-electron chi connectivity index (χ0n) is 10.3. The molecule has 1 amide bonds. The number of carbonyl (C=O) groups is 2. The summed E-state index contributed by atoms with van der Waals surface area (Å²) in [7, 11) is 1.36. The summed E-state index contributed by atoms with van der Waals surface area (Å²) in [5.74, 6) is 0.160. The monoisotopic (exact) mass is 267 g/mol. The van der Waals surface area contributed by atoms with Gasteiger partial charge in [-0.1, -0.05) is 6.07 Å². The van der Waals surface area contributed by atoms with Gasteiger partial charge in [-0.3, -0.25) is 4.79 Å². The normalized spacial score (nSPS) is 12.1. The number of amides is 1. The van der Waals surface area contributed by atoms with Crippen LogP contribution in [-0.4, -0.2) is 42.5 Å². The van der Waals surface area contributed by atoms with Crippen molar-refractivity contribution in [1.82, 2.24) is 4.90 Å². The molecule has 0 saturated carbocycles. The van der Waals surface area contributed by atoms with Crippen molar-refractivity contribution in [3.63, 3.8) is 0 Å². The third-order valence-corrected chi connectivity index (χ3v) is 2.48.